The van der Waals surface area contributed by atoms with E-state index in [4.69, 9.17) is 4.98 Å². The number of hydrogen-bond acceptors (Lipinski definition) is 6. The summed E-state index contributed by atoms with van der Waals surface area (Å²) in [6.07, 6.45) is 3.36. The van der Waals surface area contributed by atoms with Crippen LogP contribution in [0.25, 0.3) is 16.7 Å². The Morgan fingerprint density at radius 3 is 2.87 bits per heavy atom. The fourth-order valence-corrected chi connectivity index (χ4v) is 4.68. The predicted octanol–water partition coefficient (Wildman–Crippen LogP) is 2.96. The summed E-state index contributed by atoms with van der Waals surface area (Å²) >= 11 is 1.48. The topological polar surface area (TPSA) is 94.7 Å². The van der Waals surface area contributed by atoms with Crippen LogP contribution < -0.4 is 10.9 Å². The number of para-hydroxylation sites is 1. The maximum Gasteiger partial charge on any atom is 0.265 e. The normalized spacial score (nSPS) is 15.3. The zero-order chi connectivity index (χ0) is 20.7. The molecule has 0 fully saturated rings. The minimum absolute atomic E-state index is 0.172. The fraction of sp³-hybridized carbons (Fsp3) is 0.190. The molecule has 0 saturated heterocycles. The molecule has 1 aromatic carbocycles. The fourth-order valence-electron chi connectivity index (χ4n) is 3.55. The molecule has 150 valence electrons. The number of nitrogens with one attached hydrogen (secondary N) is 1. The molecule has 3 aromatic heterocycles. The van der Waals surface area contributed by atoms with Gasteiger partial charge in [0.1, 0.15) is 11.2 Å². The average Bonchev–Trinajstić information content (AvgIpc) is 3.35. The number of aryl methyl sites for hydroxylation is 1. The zero-order valence-electron chi connectivity index (χ0n) is 16.1. The molecular formula is C21H18N6O2S. The SMILES string of the molecule is Cc1cccnc1NC(=O)C[C@@H]1CSc2nc3c(cnn3-c3ccccc3)c(=O)n21. The van der Waals surface area contributed by atoms with Crippen LogP contribution in [0.3, 0.4) is 0 Å². The molecule has 0 saturated carbocycles. The molecule has 4 aromatic rings. The van der Waals surface area contributed by atoms with Crippen molar-refractivity contribution in [1.29, 1.82) is 0 Å². The number of aromatic nitrogens is 5. The molecule has 0 radical (unpaired) electrons. The molecule has 30 heavy (non-hydrogen) atoms. The smallest absolute Gasteiger partial charge is 0.265 e. The molecule has 1 aliphatic heterocycles. The molecule has 9 heteroatoms. The summed E-state index contributed by atoms with van der Waals surface area (Å²) in [5.41, 5.74) is 2.09. The Morgan fingerprint density at radius 2 is 2.07 bits per heavy atom. The number of anilines is 1. The van der Waals surface area contributed by atoms with E-state index in [-0.39, 0.29) is 23.9 Å². The van der Waals surface area contributed by atoms with E-state index in [0.29, 0.717) is 27.8 Å². The number of carbonyl (C=O) groups is 1. The van der Waals surface area contributed by atoms with Crippen molar-refractivity contribution >= 4 is 34.5 Å². The van der Waals surface area contributed by atoms with Crippen molar-refractivity contribution in [2.45, 2.75) is 24.5 Å². The Balaban J connectivity index is 1.46. The second-order valence-corrected chi connectivity index (χ2v) is 8.07. The highest BCUT2D eigenvalue weighted by atomic mass is 32.2. The molecule has 0 aliphatic carbocycles. The number of fused-ring (bicyclic) bond motifs is 2. The van der Waals surface area contributed by atoms with E-state index in [0.717, 1.165) is 11.3 Å². The van der Waals surface area contributed by atoms with E-state index in [1.165, 1.54) is 11.8 Å². The van der Waals surface area contributed by atoms with E-state index >= 15 is 0 Å². The van der Waals surface area contributed by atoms with Gasteiger partial charge in [0.05, 0.1) is 17.9 Å². The summed E-state index contributed by atoms with van der Waals surface area (Å²) in [4.78, 5) is 34.7. The van der Waals surface area contributed by atoms with Gasteiger partial charge in [0.25, 0.3) is 5.56 Å². The highest BCUT2D eigenvalue weighted by Gasteiger charge is 2.29. The first kappa shape index (κ1) is 18.6. The third-order valence-electron chi connectivity index (χ3n) is 5.06. The van der Waals surface area contributed by atoms with E-state index in [1.54, 1.807) is 21.6 Å². The number of rotatable bonds is 4. The Kier molecular flexibility index (Phi) is 4.59. The van der Waals surface area contributed by atoms with Crippen LogP contribution in [0.1, 0.15) is 18.0 Å². The summed E-state index contributed by atoms with van der Waals surface area (Å²) in [6, 6.07) is 13.0. The van der Waals surface area contributed by atoms with Crippen LogP contribution in [0, 0.1) is 6.92 Å². The largest absolute Gasteiger partial charge is 0.310 e. The van der Waals surface area contributed by atoms with Crippen LogP contribution in [0.5, 0.6) is 0 Å². The Bertz CT molecular complexity index is 1310. The molecular weight excluding hydrogens is 400 g/mol. The lowest BCUT2D eigenvalue weighted by Gasteiger charge is -2.14. The number of nitrogens with zero attached hydrogens (tertiary/aromatic N) is 5. The van der Waals surface area contributed by atoms with Gasteiger partial charge in [-0.2, -0.15) is 5.10 Å². The van der Waals surface area contributed by atoms with Gasteiger partial charge in [0.15, 0.2) is 10.8 Å². The first-order valence-electron chi connectivity index (χ1n) is 9.52. The van der Waals surface area contributed by atoms with Gasteiger partial charge in [-0.05, 0) is 30.7 Å². The van der Waals surface area contributed by atoms with Gasteiger partial charge < -0.3 is 5.32 Å². The first-order chi connectivity index (χ1) is 14.6. The van der Waals surface area contributed by atoms with Crippen molar-refractivity contribution in [2.75, 3.05) is 11.1 Å². The van der Waals surface area contributed by atoms with Gasteiger partial charge in [-0.1, -0.05) is 36.0 Å². The van der Waals surface area contributed by atoms with Crippen LogP contribution in [0.15, 0.2) is 64.8 Å². The lowest BCUT2D eigenvalue weighted by atomic mass is 10.2. The lowest BCUT2D eigenvalue weighted by molar-refractivity contribution is -0.116. The number of pyridine rings is 1. The summed E-state index contributed by atoms with van der Waals surface area (Å²) in [5, 5.41) is 8.25. The number of carbonyl (C=O) groups excluding carboxylic acids is 1. The quantitative estimate of drug-likeness (QED) is 0.512. The van der Waals surface area contributed by atoms with Crippen LogP contribution >= 0.6 is 11.8 Å². The summed E-state index contributed by atoms with van der Waals surface area (Å²) in [5.74, 6) is 0.975. The first-order valence-corrected chi connectivity index (χ1v) is 10.5. The van der Waals surface area contributed by atoms with Gasteiger partial charge >= 0.3 is 0 Å². The number of benzene rings is 1. The molecule has 4 heterocycles. The number of thioether (sulfide) groups is 1. The standard InChI is InChI=1S/C21H18N6O2S/c1-13-6-5-9-22-18(13)24-17(28)10-15-12-30-21-25-19-16(20(29)26(15)21)11-23-27(19)14-7-3-2-4-8-14/h2-9,11,15H,10,12H2,1H3,(H,22,24,28)/t15-/m1/s1. The van der Waals surface area contributed by atoms with Crippen molar-refractivity contribution < 1.29 is 4.79 Å². The van der Waals surface area contributed by atoms with Crippen molar-refractivity contribution in [3.05, 3.63) is 70.8 Å². The zero-order valence-corrected chi connectivity index (χ0v) is 17.0. The number of hydrogen-bond donors (Lipinski definition) is 1. The van der Waals surface area contributed by atoms with Gasteiger partial charge in [-0.15, -0.1) is 0 Å². The summed E-state index contributed by atoms with van der Waals surface area (Å²) in [7, 11) is 0. The Hall–Kier alpha value is -3.46. The average molecular weight is 418 g/mol. The van der Waals surface area contributed by atoms with E-state index in [9.17, 15) is 9.59 Å². The molecule has 0 bridgehead atoms. The molecule has 0 spiro atoms. The molecule has 1 N–H and O–H groups in total. The molecule has 1 atom stereocenters. The second-order valence-electron chi connectivity index (χ2n) is 7.08. The van der Waals surface area contributed by atoms with Crippen LogP contribution in [-0.2, 0) is 4.79 Å². The monoisotopic (exact) mass is 418 g/mol. The van der Waals surface area contributed by atoms with Crippen molar-refractivity contribution in [2.24, 2.45) is 0 Å². The molecule has 5 rings (SSSR count). The van der Waals surface area contributed by atoms with E-state index in [1.807, 2.05) is 49.4 Å². The van der Waals surface area contributed by atoms with Crippen LogP contribution in [-0.4, -0.2) is 36.0 Å². The van der Waals surface area contributed by atoms with Gasteiger partial charge in [0, 0.05) is 18.4 Å². The molecule has 1 aliphatic rings. The summed E-state index contributed by atoms with van der Waals surface area (Å²) < 4.78 is 3.29. The minimum Gasteiger partial charge on any atom is -0.310 e. The van der Waals surface area contributed by atoms with Crippen LogP contribution in [0.4, 0.5) is 5.82 Å². The number of amides is 1. The molecule has 1 amide bonds. The molecule has 8 nitrogen and oxygen atoms in total. The maximum absolute atomic E-state index is 13.2. The Labute approximate surface area is 176 Å². The highest BCUT2D eigenvalue weighted by Crippen LogP contribution is 2.33. The highest BCUT2D eigenvalue weighted by molar-refractivity contribution is 7.99. The van der Waals surface area contributed by atoms with Crippen LogP contribution in [0.2, 0.25) is 0 Å². The predicted molar refractivity (Wildman–Crippen MR) is 115 cm³/mol. The minimum atomic E-state index is -0.265. The second kappa shape index (κ2) is 7.42. The van der Waals surface area contributed by atoms with E-state index < -0.39 is 0 Å². The summed E-state index contributed by atoms with van der Waals surface area (Å²) in [6.45, 7) is 1.89. The maximum atomic E-state index is 13.2. The molecule has 0 unspecified atom stereocenters. The van der Waals surface area contributed by atoms with Gasteiger partial charge in [-0.3, -0.25) is 14.2 Å². The lowest BCUT2D eigenvalue weighted by Crippen LogP contribution is -2.28. The van der Waals surface area contributed by atoms with E-state index in [2.05, 4.69) is 15.4 Å². The third kappa shape index (κ3) is 3.17. The van der Waals surface area contributed by atoms with Gasteiger partial charge in [-0.25, -0.2) is 14.6 Å². The van der Waals surface area contributed by atoms with Crippen molar-refractivity contribution in [3.8, 4) is 5.69 Å². The third-order valence-corrected chi connectivity index (χ3v) is 6.16. The Morgan fingerprint density at radius 1 is 1.23 bits per heavy atom. The van der Waals surface area contributed by atoms with Crippen molar-refractivity contribution in [3.63, 3.8) is 0 Å². The van der Waals surface area contributed by atoms with Gasteiger partial charge in [0.2, 0.25) is 5.91 Å². The van der Waals surface area contributed by atoms with Crippen molar-refractivity contribution in [1.82, 2.24) is 24.3 Å².